The summed E-state index contributed by atoms with van der Waals surface area (Å²) < 4.78 is 12.2. The molecular weight excluding hydrogens is 783 g/mol. The van der Waals surface area contributed by atoms with Crippen LogP contribution >= 0.6 is 0 Å². The molecule has 62 heavy (non-hydrogen) atoms. The van der Waals surface area contributed by atoms with Crippen molar-refractivity contribution in [2.75, 3.05) is 26.3 Å². The van der Waals surface area contributed by atoms with E-state index in [0.717, 1.165) is 16.7 Å². The average Bonchev–Trinajstić information content (AvgIpc) is 3.90. The van der Waals surface area contributed by atoms with Crippen molar-refractivity contribution in [3.05, 3.63) is 178 Å². The number of hydrogen-bond acceptors (Lipinski definition) is 9. The van der Waals surface area contributed by atoms with E-state index in [0.29, 0.717) is 56.0 Å². The second-order valence-corrected chi connectivity index (χ2v) is 16.6. The molecule has 4 amide bonds. The number of phenols is 1. The van der Waals surface area contributed by atoms with Crippen molar-refractivity contribution < 1.29 is 33.8 Å². The van der Waals surface area contributed by atoms with Gasteiger partial charge in [-0.25, -0.2) is 0 Å². The topological polar surface area (TPSA) is 144 Å². The highest BCUT2D eigenvalue weighted by Crippen LogP contribution is 2.47. The van der Waals surface area contributed by atoms with E-state index in [-0.39, 0.29) is 61.1 Å². The summed E-state index contributed by atoms with van der Waals surface area (Å²) in [7, 11) is 0. The van der Waals surface area contributed by atoms with Crippen molar-refractivity contribution in [2.45, 2.75) is 38.5 Å². The third kappa shape index (κ3) is 6.92. The highest BCUT2D eigenvalue weighted by molar-refractivity contribution is 6.22. The first-order valence-corrected chi connectivity index (χ1v) is 20.4. The molecule has 9 rings (SSSR count). The Bertz CT molecular complexity index is 2690. The Morgan fingerprint density at radius 3 is 1.29 bits per heavy atom. The quantitative estimate of drug-likeness (QED) is 0.0954. The molecule has 12 nitrogen and oxygen atoms in total. The number of hydrogen-bond donors (Lipinski definition) is 1. The Hall–Kier alpha value is -7.60. The van der Waals surface area contributed by atoms with Crippen molar-refractivity contribution in [2.24, 2.45) is 0 Å². The summed E-state index contributed by atoms with van der Waals surface area (Å²) in [6.45, 7) is 8.75. The second-order valence-electron chi connectivity index (χ2n) is 16.6. The van der Waals surface area contributed by atoms with Gasteiger partial charge in [-0.05, 0) is 95.8 Å². The van der Waals surface area contributed by atoms with E-state index in [1.165, 1.54) is 14.6 Å². The molecule has 0 saturated heterocycles. The van der Waals surface area contributed by atoms with Crippen molar-refractivity contribution >= 4 is 34.7 Å². The van der Waals surface area contributed by atoms with E-state index < -0.39 is 5.41 Å². The van der Waals surface area contributed by atoms with E-state index >= 15 is 0 Å². The Kier molecular flexibility index (Phi) is 9.93. The number of aromatic hydroxyl groups is 1. The van der Waals surface area contributed by atoms with Gasteiger partial charge >= 0.3 is 0 Å². The lowest BCUT2D eigenvalue weighted by Gasteiger charge is -2.34. The van der Waals surface area contributed by atoms with Gasteiger partial charge in [-0.15, -0.1) is 15.0 Å². The first-order valence-electron chi connectivity index (χ1n) is 20.4. The molecule has 310 valence electrons. The van der Waals surface area contributed by atoms with Gasteiger partial charge in [0.2, 0.25) is 0 Å². The molecule has 12 heteroatoms. The summed E-state index contributed by atoms with van der Waals surface area (Å²) in [4.78, 5) is 55.6. The lowest BCUT2D eigenvalue weighted by Crippen LogP contribution is -2.33. The number of fused-ring (bicyclic) bond motifs is 3. The summed E-state index contributed by atoms with van der Waals surface area (Å²) in [5.74, 6) is -0.276. The highest BCUT2D eigenvalue weighted by atomic mass is 16.5. The molecule has 2 aliphatic rings. The Labute approximate surface area is 357 Å². The van der Waals surface area contributed by atoms with Gasteiger partial charge in [0.15, 0.2) is 0 Å². The van der Waals surface area contributed by atoms with Crippen molar-refractivity contribution in [3.8, 4) is 22.9 Å². The zero-order valence-electron chi connectivity index (χ0n) is 34.7. The van der Waals surface area contributed by atoms with Gasteiger partial charge < -0.3 is 14.6 Å². The van der Waals surface area contributed by atoms with Crippen molar-refractivity contribution in [1.29, 1.82) is 0 Å². The van der Waals surface area contributed by atoms with Gasteiger partial charge in [0.25, 0.3) is 23.6 Å². The summed E-state index contributed by atoms with van der Waals surface area (Å²) in [5.41, 5.74) is 5.27. The smallest absolute Gasteiger partial charge is 0.261 e. The fraction of sp³-hybridized carbons (Fsp3) is 0.200. The Morgan fingerprint density at radius 2 is 0.903 bits per heavy atom. The number of amides is 4. The number of phenolic OH excluding ortho intramolecular Hbond substituents is 1. The maximum absolute atomic E-state index is 12.9. The number of carbonyl (C=O) groups excluding carboxylic acids is 4. The van der Waals surface area contributed by atoms with Crippen LogP contribution in [0.1, 0.15) is 91.4 Å². The number of ether oxygens (including phenoxy) is 2. The summed E-state index contributed by atoms with van der Waals surface area (Å²) in [6.07, 6.45) is 0. The fourth-order valence-electron chi connectivity index (χ4n) is 8.19. The molecule has 1 N–H and O–H groups in total. The average molecular weight is 826 g/mol. The van der Waals surface area contributed by atoms with E-state index in [2.05, 4.69) is 20.8 Å². The van der Waals surface area contributed by atoms with Crippen LogP contribution in [-0.2, 0) is 10.8 Å². The molecule has 0 atom stereocenters. The van der Waals surface area contributed by atoms with E-state index in [1.54, 1.807) is 48.5 Å². The number of imide groups is 2. The minimum atomic E-state index is -0.982. The van der Waals surface area contributed by atoms with Crippen LogP contribution in [0.5, 0.6) is 17.2 Å². The van der Waals surface area contributed by atoms with E-state index in [9.17, 15) is 24.3 Å². The first-order chi connectivity index (χ1) is 29.8. The second kappa shape index (κ2) is 15.5. The number of rotatable bonds is 12. The van der Waals surface area contributed by atoms with Crippen LogP contribution in [0, 0.1) is 0 Å². The number of benzene rings is 6. The molecule has 0 aliphatic carbocycles. The van der Waals surface area contributed by atoms with Crippen LogP contribution in [0.2, 0.25) is 0 Å². The van der Waals surface area contributed by atoms with Crippen molar-refractivity contribution in [3.63, 3.8) is 0 Å². The number of nitrogens with zero attached hydrogens (tertiary/aromatic N) is 5. The lowest BCUT2D eigenvalue weighted by molar-refractivity contribution is 0.0617. The largest absolute Gasteiger partial charge is 0.505 e. The van der Waals surface area contributed by atoms with Crippen LogP contribution in [0.25, 0.3) is 16.7 Å². The maximum Gasteiger partial charge on any atom is 0.261 e. The minimum Gasteiger partial charge on any atom is -0.505 e. The predicted molar refractivity (Wildman–Crippen MR) is 232 cm³/mol. The Morgan fingerprint density at radius 1 is 0.516 bits per heavy atom. The van der Waals surface area contributed by atoms with Gasteiger partial charge in [-0.3, -0.25) is 29.0 Å². The van der Waals surface area contributed by atoms with Gasteiger partial charge in [0.1, 0.15) is 47.2 Å². The third-order valence-corrected chi connectivity index (χ3v) is 11.8. The number of aromatic nitrogens is 3. The molecule has 0 saturated carbocycles. The first kappa shape index (κ1) is 39.8. The molecule has 0 fully saturated rings. The molecule has 0 radical (unpaired) electrons. The molecule has 0 bridgehead atoms. The Balaban J connectivity index is 1.03. The van der Waals surface area contributed by atoms with Gasteiger partial charge in [0.05, 0.1) is 35.3 Å². The summed E-state index contributed by atoms with van der Waals surface area (Å²) >= 11 is 0. The maximum atomic E-state index is 12.9. The predicted octanol–water partition coefficient (Wildman–Crippen LogP) is 8.13. The normalized spacial score (nSPS) is 13.9. The third-order valence-electron chi connectivity index (χ3n) is 11.8. The molecular formula is C50H43N5O7. The van der Waals surface area contributed by atoms with Gasteiger partial charge in [-0.1, -0.05) is 87.5 Å². The summed E-state index contributed by atoms with van der Waals surface area (Å²) in [6, 6.07) is 40.1. The minimum absolute atomic E-state index is 0.00310. The van der Waals surface area contributed by atoms with Gasteiger partial charge in [0, 0.05) is 11.0 Å². The zero-order valence-corrected chi connectivity index (χ0v) is 34.7. The van der Waals surface area contributed by atoms with Crippen LogP contribution in [-0.4, -0.2) is 79.8 Å². The monoisotopic (exact) mass is 825 g/mol. The molecule has 0 unspecified atom stereocenters. The van der Waals surface area contributed by atoms with Crippen LogP contribution < -0.4 is 9.47 Å². The van der Waals surface area contributed by atoms with Crippen LogP contribution in [0.4, 0.5) is 0 Å². The zero-order chi connectivity index (χ0) is 43.3. The standard InChI is InChI=1S/C50H43N5O7/c1-49(2,3)33-29-40(44(56)43(30-33)55-51-41-15-9-10-16-42(41)52-55)50(4,31-17-21-34(22-18-31)61-27-25-53-45(57)36-11-5-6-12-37(36)46(53)58)32-19-23-35(24-20-32)62-28-26-54-47(59)38-13-7-8-14-39(38)48(54)60/h5-24,29-30,56H,25-28H2,1-4H3. The van der Waals surface area contributed by atoms with Crippen LogP contribution in [0.15, 0.2) is 133 Å². The SMILES string of the molecule is CC(C)(C)c1cc(-n2nc3ccccc3n2)c(O)c(C(C)(c2ccc(OCCN3C(=O)c4ccccc4C3=O)cc2)c2ccc(OCCN3C(=O)c4ccccc4C3=O)cc2)c1. The molecule has 7 aromatic rings. The van der Waals surface area contributed by atoms with Crippen LogP contribution in [0.3, 0.4) is 0 Å². The fourth-order valence-corrected chi connectivity index (χ4v) is 8.19. The molecule has 2 aliphatic heterocycles. The van der Waals surface area contributed by atoms with Gasteiger partial charge in [-0.2, -0.15) is 0 Å². The van der Waals surface area contributed by atoms with Crippen molar-refractivity contribution in [1.82, 2.24) is 24.8 Å². The molecule has 0 spiro atoms. The summed E-state index contributed by atoms with van der Waals surface area (Å²) in [5, 5.41) is 21.9. The van der Waals surface area contributed by atoms with E-state index in [1.807, 2.05) is 91.9 Å². The molecule has 6 aromatic carbocycles. The number of carbonyl (C=O) groups is 4. The molecule has 1 aromatic heterocycles. The highest BCUT2D eigenvalue weighted by Gasteiger charge is 2.38. The molecule has 3 heterocycles. The lowest BCUT2D eigenvalue weighted by atomic mass is 9.69. The van der Waals surface area contributed by atoms with E-state index in [4.69, 9.17) is 19.7 Å².